The van der Waals surface area contributed by atoms with E-state index in [1.807, 2.05) is 23.6 Å². The van der Waals surface area contributed by atoms with Gasteiger partial charge in [0.1, 0.15) is 11.4 Å². The number of aryl methyl sites for hydroxylation is 2. The molecule has 0 fully saturated rings. The fraction of sp³-hybridized carbons (Fsp3) is 0.0870. The van der Waals surface area contributed by atoms with Gasteiger partial charge in [0.05, 0.1) is 4.88 Å². The minimum atomic E-state index is 0.658. The number of para-hydroxylation sites is 1. The second-order valence-electron chi connectivity index (χ2n) is 6.85. The molecule has 5 rings (SSSR count). The standard InChI is InChI=1S/C23H18N4S/c1-14-9-11-16(12-10-14)21-22(25-23(27-26-21)19-8-5-13-28-19)20-15(2)24-18-7-4-3-6-17(18)20/h3-13,24H,1-2H3. The van der Waals surface area contributed by atoms with Gasteiger partial charge in [0.15, 0.2) is 5.82 Å². The van der Waals surface area contributed by atoms with E-state index >= 15 is 0 Å². The highest BCUT2D eigenvalue weighted by atomic mass is 32.1. The third kappa shape index (κ3) is 2.80. The Kier molecular flexibility index (Phi) is 4.02. The van der Waals surface area contributed by atoms with Crippen LogP contribution in [-0.2, 0) is 0 Å². The lowest BCUT2D eigenvalue weighted by Gasteiger charge is -2.10. The van der Waals surface area contributed by atoms with Gasteiger partial charge in [-0.15, -0.1) is 21.5 Å². The summed E-state index contributed by atoms with van der Waals surface area (Å²) in [6.45, 7) is 4.17. The Morgan fingerprint density at radius 2 is 1.64 bits per heavy atom. The van der Waals surface area contributed by atoms with E-state index in [0.717, 1.165) is 44.0 Å². The highest BCUT2D eigenvalue weighted by Gasteiger charge is 2.20. The molecule has 3 aromatic heterocycles. The average Bonchev–Trinajstić information content (AvgIpc) is 3.35. The van der Waals surface area contributed by atoms with Crippen molar-refractivity contribution >= 4 is 22.2 Å². The molecule has 0 aliphatic rings. The van der Waals surface area contributed by atoms with Crippen LogP contribution < -0.4 is 0 Å². The molecule has 0 spiro atoms. The zero-order valence-corrected chi connectivity index (χ0v) is 16.4. The zero-order valence-electron chi connectivity index (χ0n) is 15.6. The number of fused-ring (bicyclic) bond motifs is 1. The Morgan fingerprint density at radius 3 is 2.43 bits per heavy atom. The van der Waals surface area contributed by atoms with Crippen molar-refractivity contribution < 1.29 is 0 Å². The molecule has 0 saturated carbocycles. The number of hydrogen-bond donors (Lipinski definition) is 1. The van der Waals surface area contributed by atoms with Gasteiger partial charge in [-0.1, -0.05) is 54.1 Å². The fourth-order valence-corrected chi connectivity index (χ4v) is 4.15. The SMILES string of the molecule is Cc1ccc(-c2nnc(-c3cccs3)nc2-c2c(C)[nH]c3ccccc23)cc1. The van der Waals surface area contributed by atoms with E-state index in [0.29, 0.717) is 5.82 Å². The van der Waals surface area contributed by atoms with Crippen LogP contribution in [0.2, 0.25) is 0 Å². The molecule has 0 unspecified atom stereocenters. The normalized spacial score (nSPS) is 11.2. The van der Waals surface area contributed by atoms with Gasteiger partial charge in [-0.05, 0) is 31.4 Å². The number of aromatic amines is 1. The number of nitrogens with one attached hydrogen (secondary N) is 1. The summed E-state index contributed by atoms with van der Waals surface area (Å²) in [6, 6.07) is 20.7. The highest BCUT2D eigenvalue weighted by molar-refractivity contribution is 7.13. The number of H-pyrrole nitrogens is 1. The predicted molar refractivity (Wildman–Crippen MR) is 115 cm³/mol. The summed E-state index contributed by atoms with van der Waals surface area (Å²) >= 11 is 1.62. The summed E-state index contributed by atoms with van der Waals surface area (Å²) in [6.07, 6.45) is 0. The number of thiophene rings is 1. The summed E-state index contributed by atoms with van der Waals surface area (Å²) in [4.78, 5) is 9.48. The Labute approximate surface area is 166 Å². The van der Waals surface area contributed by atoms with Gasteiger partial charge < -0.3 is 4.98 Å². The molecular formula is C23H18N4S. The predicted octanol–water partition coefficient (Wildman–Crippen LogP) is 6.03. The first-order valence-corrected chi connectivity index (χ1v) is 10.0. The summed E-state index contributed by atoms with van der Waals surface area (Å²) in [5.74, 6) is 0.658. The molecule has 0 aliphatic carbocycles. The molecule has 3 heterocycles. The van der Waals surface area contributed by atoms with Crippen molar-refractivity contribution in [2.45, 2.75) is 13.8 Å². The molecule has 0 saturated heterocycles. The maximum absolute atomic E-state index is 4.98. The van der Waals surface area contributed by atoms with Crippen molar-refractivity contribution in [1.82, 2.24) is 20.2 Å². The van der Waals surface area contributed by atoms with Crippen molar-refractivity contribution in [2.75, 3.05) is 0 Å². The van der Waals surface area contributed by atoms with E-state index in [4.69, 9.17) is 4.98 Å². The van der Waals surface area contributed by atoms with E-state index in [1.165, 1.54) is 5.56 Å². The summed E-state index contributed by atoms with van der Waals surface area (Å²) in [5.41, 5.74) is 7.14. The molecule has 28 heavy (non-hydrogen) atoms. The van der Waals surface area contributed by atoms with Gasteiger partial charge in [0, 0.05) is 27.7 Å². The number of nitrogens with zero attached hydrogens (tertiary/aromatic N) is 3. The molecule has 0 aliphatic heterocycles. The fourth-order valence-electron chi connectivity index (χ4n) is 3.50. The maximum atomic E-state index is 4.98. The molecule has 0 bridgehead atoms. The first kappa shape index (κ1) is 16.8. The minimum absolute atomic E-state index is 0.658. The Hall–Kier alpha value is -3.31. The molecule has 136 valence electrons. The smallest absolute Gasteiger partial charge is 0.192 e. The topological polar surface area (TPSA) is 54.5 Å². The van der Waals surface area contributed by atoms with Gasteiger partial charge in [-0.3, -0.25) is 0 Å². The molecule has 0 amide bonds. The molecule has 2 aromatic carbocycles. The molecular weight excluding hydrogens is 364 g/mol. The van der Waals surface area contributed by atoms with E-state index in [9.17, 15) is 0 Å². The molecule has 5 aromatic rings. The number of rotatable bonds is 3. The monoisotopic (exact) mass is 382 g/mol. The van der Waals surface area contributed by atoms with Crippen LogP contribution in [0.25, 0.3) is 44.1 Å². The third-order valence-corrected chi connectivity index (χ3v) is 5.75. The van der Waals surface area contributed by atoms with Crippen molar-refractivity contribution in [2.24, 2.45) is 0 Å². The molecule has 0 radical (unpaired) electrons. The Balaban J connectivity index is 1.81. The van der Waals surface area contributed by atoms with Crippen LogP contribution in [0.15, 0.2) is 66.0 Å². The van der Waals surface area contributed by atoms with Crippen LogP contribution >= 0.6 is 11.3 Å². The lowest BCUT2D eigenvalue weighted by molar-refractivity contribution is 0.995. The van der Waals surface area contributed by atoms with E-state index < -0.39 is 0 Å². The number of benzene rings is 2. The third-order valence-electron chi connectivity index (χ3n) is 4.88. The van der Waals surface area contributed by atoms with Gasteiger partial charge in [0.2, 0.25) is 0 Å². The number of aromatic nitrogens is 4. The van der Waals surface area contributed by atoms with Crippen molar-refractivity contribution in [3.05, 3.63) is 77.3 Å². The molecule has 1 N–H and O–H groups in total. The average molecular weight is 382 g/mol. The lowest BCUT2D eigenvalue weighted by atomic mass is 10.0. The molecule has 0 atom stereocenters. The Morgan fingerprint density at radius 1 is 0.821 bits per heavy atom. The lowest BCUT2D eigenvalue weighted by Crippen LogP contribution is -2.00. The van der Waals surface area contributed by atoms with Gasteiger partial charge >= 0.3 is 0 Å². The largest absolute Gasteiger partial charge is 0.358 e. The van der Waals surface area contributed by atoms with Crippen LogP contribution in [0.1, 0.15) is 11.3 Å². The maximum Gasteiger partial charge on any atom is 0.192 e. The van der Waals surface area contributed by atoms with Crippen LogP contribution in [0.3, 0.4) is 0 Å². The first-order valence-electron chi connectivity index (χ1n) is 9.14. The van der Waals surface area contributed by atoms with Crippen molar-refractivity contribution in [3.63, 3.8) is 0 Å². The zero-order chi connectivity index (χ0) is 19.1. The van der Waals surface area contributed by atoms with Crippen molar-refractivity contribution in [1.29, 1.82) is 0 Å². The summed E-state index contributed by atoms with van der Waals surface area (Å²) < 4.78 is 0. The quantitative estimate of drug-likeness (QED) is 0.414. The molecule has 5 heteroatoms. The van der Waals surface area contributed by atoms with Gasteiger partial charge in [-0.25, -0.2) is 4.98 Å². The van der Waals surface area contributed by atoms with E-state index in [1.54, 1.807) is 11.3 Å². The first-order chi connectivity index (χ1) is 13.7. The van der Waals surface area contributed by atoms with Crippen molar-refractivity contribution in [3.8, 4) is 33.2 Å². The van der Waals surface area contributed by atoms with Gasteiger partial charge in [0.25, 0.3) is 0 Å². The van der Waals surface area contributed by atoms with Crippen LogP contribution in [0.5, 0.6) is 0 Å². The Bertz CT molecular complexity index is 1270. The van der Waals surface area contributed by atoms with Gasteiger partial charge in [-0.2, -0.15) is 0 Å². The van der Waals surface area contributed by atoms with E-state index in [-0.39, 0.29) is 0 Å². The second kappa shape index (κ2) is 6.69. The summed E-state index contributed by atoms with van der Waals surface area (Å²) in [5, 5.41) is 12.2. The minimum Gasteiger partial charge on any atom is -0.358 e. The van der Waals surface area contributed by atoms with Crippen LogP contribution in [-0.4, -0.2) is 20.2 Å². The number of hydrogen-bond acceptors (Lipinski definition) is 4. The van der Waals surface area contributed by atoms with Crippen LogP contribution in [0.4, 0.5) is 0 Å². The summed E-state index contributed by atoms with van der Waals surface area (Å²) in [7, 11) is 0. The van der Waals surface area contributed by atoms with E-state index in [2.05, 4.69) is 71.5 Å². The molecule has 4 nitrogen and oxygen atoms in total. The second-order valence-corrected chi connectivity index (χ2v) is 7.79. The highest BCUT2D eigenvalue weighted by Crippen LogP contribution is 2.37. The van der Waals surface area contributed by atoms with Crippen LogP contribution in [0, 0.1) is 13.8 Å².